The second kappa shape index (κ2) is 9.84. The van der Waals surface area contributed by atoms with Crippen LogP contribution in [0.4, 0.5) is 11.4 Å². The summed E-state index contributed by atoms with van der Waals surface area (Å²) in [7, 11) is -3.64. The smallest absolute Gasteiger partial charge is 0.255 e. The molecule has 8 nitrogen and oxygen atoms in total. The molecule has 1 heterocycles. The Morgan fingerprint density at radius 2 is 1.63 bits per heavy atom. The minimum atomic E-state index is -3.64. The van der Waals surface area contributed by atoms with Crippen LogP contribution in [0, 0.1) is 0 Å². The zero-order valence-corrected chi connectivity index (χ0v) is 17.5. The molecule has 2 amide bonds. The van der Waals surface area contributed by atoms with Gasteiger partial charge in [-0.25, -0.2) is 13.1 Å². The highest BCUT2D eigenvalue weighted by Crippen LogP contribution is 2.17. The number of hydrogen-bond donors (Lipinski definition) is 3. The highest BCUT2D eigenvalue weighted by molar-refractivity contribution is 7.89. The van der Waals surface area contributed by atoms with Gasteiger partial charge in [0.15, 0.2) is 0 Å². The van der Waals surface area contributed by atoms with Crippen LogP contribution < -0.4 is 15.4 Å². The van der Waals surface area contributed by atoms with E-state index in [-0.39, 0.29) is 29.4 Å². The molecule has 1 atom stereocenters. The molecule has 1 fully saturated rings. The van der Waals surface area contributed by atoms with Gasteiger partial charge in [-0.15, -0.1) is 0 Å². The highest BCUT2D eigenvalue weighted by atomic mass is 32.2. The summed E-state index contributed by atoms with van der Waals surface area (Å²) >= 11 is 0. The van der Waals surface area contributed by atoms with E-state index in [4.69, 9.17) is 4.74 Å². The van der Waals surface area contributed by atoms with Gasteiger partial charge in [0.05, 0.1) is 11.0 Å². The first kappa shape index (κ1) is 21.9. The summed E-state index contributed by atoms with van der Waals surface area (Å²) in [5.74, 6) is -0.442. The minimum absolute atomic E-state index is 0.0833. The Kier molecular flexibility index (Phi) is 7.20. The molecule has 1 saturated heterocycles. The van der Waals surface area contributed by atoms with Crippen LogP contribution in [0.15, 0.2) is 53.4 Å². The summed E-state index contributed by atoms with van der Waals surface area (Å²) < 4.78 is 32.8. The molecule has 1 aliphatic rings. The molecule has 2 aromatic rings. The Hall–Kier alpha value is -2.75. The van der Waals surface area contributed by atoms with Gasteiger partial charge in [-0.2, -0.15) is 0 Å². The molecular weight excluding hydrogens is 406 g/mol. The van der Waals surface area contributed by atoms with Crippen molar-refractivity contribution in [1.29, 1.82) is 0 Å². The number of rotatable bonds is 8. The second-order valence-corrected chi connectivity index (χ2v) is 8.71. The zero-order chi connectivity index (χ0) is 21.6. The fourth-order valence-electron chi connectivity index (χ4n) is 2.97. The molecule has 30 heavy (non-hydrogen) atoms. The standard InChI is InChI=1S/C21H25N3O5S/c1-2-20(25)23-16-7-5-15(6-8-16)21(26)24-17-9-11-19(12-10-17)30(27,28)22-14-18-4-3-13-29-18/h5-12,18,22H,2-4,13-14H2,1H3,(H,23,25)(H,24,26). The maximum atomic E-state index is 12.4. The molecule has 3 N–H and O–H groups in total. The summed E-state index contributed by atoms with van der Waals surface area (Å²) in [5, 5.41) is 5.44. The molecule has 0 aromatic heterocycles. The van der Waals surface area contributed by atoms with E-state index >= 15 is 0 Å². The van der Waals surface area contributed by atoms with Crippen molar-refractivity contribution < 1.29 is 22.7 Å². The van der Waals surface area contributed by atoms with Crippen molar-refractivity contribution >= 4 is 33.2 Å². The van der Waals surface area contributed by atoms with E-state index in [2.05, 4.69) is 15.4 Å². The van der Waals surface area contributed by atoms with Gasteiger partial charge in [0.2, 0.25) is 15.9 Å². The number of sulfonamides is 1. The number of carbonyl (C=O) groups excluding carboxylic acids is 2. The quantitative estimate of drug-likeness (QED) is 0.595. The van der Waals surface area contributed by atoms with Crippen molar-refractivity contribution in [3.8, 4) is 0 Å². The summed E-state index contributed by atoms with van der Waals surface area (Å²) in [4.78, 5) is 23.9. The van der Waals surface area contributed by atoms with Gasteiger partial charge < -0.3 is 15.4 Å². The number of nitrogens with one attached hydrogen (secondary N) is 3. The largest absolute Gasteiger partial charge is 0.377 e. The molecule has 0 aliphatic carbocycles. The lowest BCUT2D eigenvalue weighted by atomic mass is 10.2. The lowest BCUT2D eigenvalue weighted by Crippen LogP contribution is -2.31. The van der Waals surface area contributed by atoms with E-state index in [1.54, 1.807) is 31.2 Å². The number of carbonyl (C=O) groups is 2. The van der Waals surface area contributed by atoms with E-state index in [0.717, 1.165) is 12.8 Å². The molecular formula is C21H25N3O5S. The van der Waals surface area contributed by atoms with Crippen LogP contribution >= 0.6 is 0 Å². The van der Waals surface area contributed by atoms with Crippen LogP contribution in [0.1, 0.15) is 36.5 Å². The van der Waals surface area contributed by atoms with E-state index < -0.39 is 10.0 Å². The maximum Gasteiger partial charge on any atom is 0.255 e. The molecule has 9 heteroatoms. The van der Waals surface area contributed by atoms with Gasteiger partial charge in [-0.3, -0.25) is 9.59 Å². The number of amides is 2. The number of anilines is 2. The van der Waals surface area contributed by atoms with Gasteiger partial charge in [0, 0.05) is 36.5 Å². The third kappa shape index (κ3) is 5.88. The summed E-state index contributed by atoms with van der Waals surface area (Å²) in [6.07, 6.45) is 2.08. The van der Waals surface area contributed by atoms with Crippen molar-refractivity contribution in [2.45, 2.75) is 37.2 Å². The van der Waals surface area contributed by atoms with E-state index in [1.165, 1.54) is 24.3 Å². The number of hydrogen-bond acceptors (Lipinski definition) is 5. The van der Waals surface area contributed by atoms with Crippen LogP contribution in [0.2, 0.25) is 0 Å². The number of benzene rings is 2. The highest BCUT2D eigenvalue weighted by Gasteiger charge is 2.20. The second-order valence-electron chi connectivity index (χ2n) is 6.94. The molecule has 0 saturated carbocycles. The third-order valence-corrected chi connectivity index (χ3v) is 6.14. The molecule has 0 bridgehead atoms. The average molecular weight is 432 g/mol. The van der Waals surface area contributed by atoms with E-state index in [1.807, 2.05) is 0 Å². The Morgan fingerprint density at radius 3 is 2.23 bits per heavy atom. The van der Waals surface area contributed by atoms with Crippen molar-refractivity contribution in [2.24, 2.45) is 0 Å². The van der Waals surface area contributed by atoms with Crippen LogP contribution in [0.5, 0.6) is 0 Å². The Balaban J connectivity index is 1.58. The minimum Gasteiger partial charge on any atom is -0.377 e. The topological polar surface area (TPSA) is 114 Å². The van der Waals surface area contributed by atoms with Gasteiger partial charge in [0.1, 0.15) is 0 Å². The lowest BCUT2D eigenvalue weighted by Gasteiger charge is -2.12. The first-order valence-electron chi connectivity index (χ1n) is 9.80. The molecule has 0 radical (unpaired) electrons. The molecule has 0 spiro atoms. The van der Waals surface area contributed by atoms with Crippen molar-refractivity contribution in [1.82, 2.24) is 4.72 Å². The SMILES string of the molecule is CCC(=O)Nc1ccc(C(=O)Nc2ccc(S(=O)(=O)NCC3CCCO3)cc2)cc1. The average Bonchev–Trinajstić information content (AvgIpc) is 3.27. The molecule has 3 rings (SSSR count). The first-order valence-corrected chi connectivity index (χ1v) is 11.3. The van der Waals surface area contributed by atoms with E-state index in [0.29, 0.717) is 30.0 Å². The number of ether oxygens (including phenoxy) is 1. The summed E-state index contributed by atoms with van der Waals surface area (Å²) in [6.45, 7) is 2.67. The van der Waals surface area contributed by atoms with Gasteiger partial charge in [-0.05, 0) is 61.4 Å². The fourth-order valence-corrected chi connectivity index (χ4v) is 4.03. The third-order valence-electron chi connectivity index (χ3n) is 4.70. The Bertz CT molecular complexity index is 982. The van der Waals surface area contributed by atoms with Gasteiger partial charge in [-0.1, -0.05) is 6.92 Å². The Morgan fingerprint density at radius 1 is 1.00 bits per heavy atom. The van der Waals surface area contributed by atoms with Crippen molar-refractivity contribution in [3.05, 3.63) is 54.1 Å². The first-order chi connectivity index (χ1) is 14.4. The lowest BCUT2D eigenvalue weighted by molar-refractivity contribution is -0.115. The van der Waals surface area contributed by atoms with Crippen LogP contribution in [-0.2, 0) is 19.6 Å². The predicted octanol–water partition coefficient (Wildman–Crippen LogP) is 2.74. The molecule has 2 aromatic carbocycles. The predicted molar refractivity (Wildman–Crippen MR) is 114 cm³/mol. The summed E-state index contributed by atoms with van der Waals surface area (Å²) in [5.41, 5.74) is 1.50. The normalized spacial score (nSPS) is 16.2. The maximum absolute atomic E-state index is 12.4. The summed E-state index contributed by atoms with van der Waals surface area (Å²) in [6, 6.07) is 12.5. The van der Waals surface area contributed by atoms with Gasteiger partial charge >= 0.3 is 0 Å². The van der Waals surface area contributed by atoms with Crippen molar-refractivity contribution in [3.63, 3.8) is 0 Å². The monoisotopic (exact) mass is 431 g/mol. The molecule has 1 unspecified atom stereocenters. The van der Waals surface area contributed by atoms with Gasteiger partial charge in [0.25, 0.3) is 5.91 Å². The fraction of sp³-hybridized carbons (Fsp3) is 0.333. The zero-order valence-electron chi connectivity index (χ0n) is 16.7. The van der Waals surface area contributed by atoms with Crippen LogP contribution in [0.3, 0.4) is 0 Å². The molecule has 160 valence electrons. The molecule has 1 aliphatic heterocycles. The Labute approximate surface area is 176 Å². The van der Waals surface area contributed by atoms with Crippen LogP contribution in [0.25, 0.3) is 0 Å². The van der Waals surface area contributed by atoms with E-state index in [9.17, 15) is 18.0 Å². The van der Waals surface area contributed by atoms with Crippen LogP contribution in [-0.4, -0.2) is 39.5 Å². The van der Waals surface area contributed by atoms with Crippen molar-refractivity contribution in [2.75, 3.05) is 23.8 Å².